The number of sulfonamides is 1. The molecule has 0 amide bonds. The minimum atomic E-state index is -3.58. The Labute approximate surface area is 128 Å². The zero-order chi connectivity index (χ0) is 16.0. The minimum Gasteiger partial charge on any atom is -0.495 e. The average Bonchev–Trinajstić information content (AvgIpc) is 2.45. The van der Waals surface area contributed by atoms with Gasteiger partial charge in [0, 0.05) is 13.1 Å². The summed E-state index contributed by atoms with van der Waals surface area (Å²) in [6.07, 6.45) is 0. The van der Waals surface area contributed by atoms with E-state index in [-0.39, 0.29) is 10.8 Å². The molecular weight excluding hydrogens is 288 g/mol. The number of nitrogens with one attached hydrogen (secondary N) is 2. The molecule has 21 heavy (non-hydrogen) atoms. The summed E-state index contributed by atoms with van der Waals surface area (Å²) in [5.41, 5.74) is 0.899. The van der Waals surface area contributed by atoms with Crippen molar-refractivity contribution in [1.82, 2.24) is 10.0 Å². The highest BCUT2D eigenvalue weighted by atomic mass is 32.2. The van der Waals surface area contributed by atoms with E-state index in [1.54, 1.807) is 12.1 Å². The maximum atomic E-state index is 12.5. The lowest BCUT2D eigenvalue weighted by Gasteiger charge is -2.17. The van der Waals surface area contributed by atoms with Gasteiger partial charge in [-0.1, -0.05) is 26.8 Å². The Morgan fingerprint density at radius 3 is 2.43 bits per heavy atom. The smallest absolute Gasteiger partial charge is 0.244 e. The summed E-state index contributed by atoms with van der Waals surface area (Å²) in [5.74, 6) is 1.05. The highest BCUT2D eigenvalue weighted by Gasteiger charge is 2.21. The molecular formula is C15H26N2O3S. The van der Waals surface area contributed by atoms with E-state index < -0.39 is 10.0 Å². The largest absolute Gasteiger partial charge is 0.495 e. The number of hydrogen-bond acceptors (Lipinski definition) is 4. The lowest BCUT2D eigenvalue weighted by atomic mass is 9.99. The first-order valence-corrected chi connectivity index (χ1v) is 8.61. The van der Waals surface area contributed by atoms with Crippen LogP contribution in [0.15, 0.2) is 23.1 Å². The Bertz CT molecular complexity index is 556. The number of ether oxygens (including phenoxy) is 1. The SMILES string of the molecule is CNCc1ccc(OC)c(S(=O)(=O)NCC(C)C(C)C)c1. The van der Waals surface area contributed by atoms with Gasteiger partial charge in [-0.05, 0) is 36.6 Å². The van der Waals surface area contributed by atoms with Gasteiger partial charge in [0.2, 0.25) is 10.0 Å². The number of rotatable bonds is 8. The zero-order valence-electron chi connectivity index (χ0n) is 13.4. The highest BCUT2D eigenvalue weighted by molar-refractivity contribution is 7.89. The predicted molar refractivity (Wildman–Crippen MR) is 84.9 cm³/mol. The molecule has 1 aromatic rings. The lowest BCUT2D eigenvalue weighted by molar-refractivity contribution is 0.399. The molecule has 0 radical (unpaired) electrons. The van der Waals surface area contributed by atoms with Crippen molar-refractivity contribution in [3.63, 3.8) is 0 Å². The molecule has 0 aliphatic rings. The molecule has 0 aliphatic heterocycles. The number of benzene rings is 1. The van der Waals surface area contributed by atoms with Gasteiger partial charge in [0.15, 0.2) is 0 Å². The second kappa shape index (κ2) is 7.77. The van der Waals surface area contributed by atoms with Crippen molar-refractivity contribution in [3.8, 4) is 5.75 Å². The van der Waals surface area contributed by atoms with Crippen LogP contribution in [-0.2, 0) is 16.6 Å². The molecule has 0 saturated heterocycles. The third kappa shape index (κ3) is 4.98. The summed E-state index contributed by atoms with van der Waals surface area (Å²) < 4.78 is 32.8. The van der Waals surface area contributed by atoms with Gasteiger partial charge in [-0.3, -0.25) is 0 Å². The van der Waals surface area contributed by atoms with Crippen molar-refractivity contribution in [2.75, 3.05) is 20.7 Å². The Morgan fingerprint density at radius 2 is 1.90 bits per heavy atom. The molecule has 120 valence electrons. The monoisotopic (exact) mass is 314 g/mol. The summed E-state index contributed by atoms with van der Waals surface area (Å²) in [5, 5.41) is 3.01. The molecule has 2 N–H and O–H groups in total. The van der Waals surface area contributed by atoms with E-state index in [0.29, 0.717) is 24.8 Å². The summed E-state index contributed by atoms with van der Waals surface area (Å²) in [4.78, 5) is 0.189. The minimum absolute atomic E-state index is 0.189. The Kier molecular flexibility index (Phi) is 6.64. The summed E-state index contributed by atoms with van der Waals surface area (Å²) >= 11 is 0. The Balaban J connectivity index is 3.02. The first-order chi connectivity index (χ1) is 9.81. The Morgan fingerprint density at radius 1 is 1.24 bits per heavy atom. The van der Waals surface area contributed by atoms with Crippen LogP contribution in [0.25, 0.3) is 0 Å². The maximum Gasteiger partial charge on any atom is 0.244 e. The number of hydrogen-bond donors (Lipinski definition) is 2. The van der Waals surface area contributed by atoms with Crippen molar-refractivity contribution in [2.24, 2.45) is 11.8 Å². The topological polar surface area (TPSA) is 67.4 Å². The van der Waals surface area contributed by atoms with E-state index in [0.717, 1.165) is 5.56 Å². The predicted octanol–water partition coefficient (Wildman–Crippen LogP) is 1.98. The van der Waals surface area contributed by atoms with Crippen LogP contribution in [0.4, 0.5) is 0 Å². The van der Waals surface area contributed by atoms with Gasteiger partial charge in [0.25, 0.3) is 0 Å². The third-order valence-corrected chi connectivity index (χ3v) is 5.08. The van der Waals surface area contributed by atoms with Crippen LogP contribution in [0.5, 0.6) is 5.75 Å². The van der Waals surface area contributed by atoms with Crippen LogP contribution in [0, 0.1) is 11.8 Å². The molecule has 5 nitrogen and oxygen atoms in total. The highest BCUT2D eigenvalue weighted by Crippen LogP contribution is 2.25. The van der Waals surface area contributed by atoms with Crippen molar-refractivity contribution in [1.29, 1.82) is 0 Å². The van der Waals surface area contributed by atoms with E-state index in [9.17, 15) is 8.42 Å². The van der Waals surface area contributed by atoms with Crippen LogP contribution >= 0.6 is 0 Å². The van der Waals surface area contributed by atoms with Crippen LogP contribution in [0.2, 0.25) is 0 Å². The molecule has 0 saturated carbocycles. The molecule has 0 aliphatic carbocycles. The fraction of sp³-hybridized carbons (Fsp3) is 0.600. The normalized spacial score (nSPS) is 13.4. The van der Waals surface area contributed by atoms with E-state index in [1.165, 1.54) is 7.11 Å². The van der Waals surface area contributed by atoms with Crippen molar-refractivity contribution in [2.45, 2.75) is 32.2 Å². The molecule has 0 fully saturated rings. The van der Waals surface area contributed by atoms with Crippen LogP contribution in [0.1, 0.15) is 26.3 Å². The van der Waals surface area contributed by atoms with E-state index in [2.05, 4.69) is 23.9 Å². The fourth-order valence-corrected chi connectivity index (χ4v) is 3.16. The second-order valence-corrected chi connectivity index (χ2v) is 7.32. The standard InChI is InChI=1S/C15H26N2O3S/c1-11(2)12(3)9-17-21(18,19)15-8-13(10-16-4)6-7-14(15)20-5/h6-8,11-12,16-17H,9-10H2,1-5H3. The van der Waals surface area contributed by atoms with Gasteiger partial charge >= 0.3 is 0 Å². The van der Waals surface area contributed by atoms with Crippen LogP contribution in [0.3, 0.4) is 0 Å². The zero-order valence-corrected chi connectivity index (χ0v) is 14.3. The molecule has 0 heterocycles. The quantitative estimate of drug-likeness (QED) is 0.770. The molecule has 0 spiro atoms. The molecule has 6 heteroatoms. The second-order valence-electron chi connectivity index (χ2n) is 5.59. The van der Waals surface area contributed by atoms with Gasteiger partial charge in [-0.25, -0.2) is 13.1 Å². The molecule has 1 rings (SSSR count). The van der Waals surface area contributed by atoms with Crippen molar-refractivity contribution in [3.05, 3.63) is 23.8 Å². The maximum absolute atomic E-state index is 12.5. The summed E-state index contributed by atoms with van der Waals surface area (Å²) in [7, 11) is -0.280. The summed E-state index contributed by atoms with van der Waals surface area (Å²) in [6, 6.07) is 5.19. The number of methoxy groups -OCH3 is 1. The molecule has 0 aromatic heterocycles. The van der Waals surface area contributed by atoms with Crippen LogP contribution in [-0.4, -0.2) is 29.1 Å². The fourth-order valence-electron chi connectivity index (χ4n) is 1.80. The lowest BCUT2D eigenvalue weighted by Crippen LogP contribution is -2.30. The van der Waals surface area contributed by atoms with Gasteiger partial charge < -0.3 is 10.1 Å². The van der Waals surface area contributed by atoms with Gasteiger partial charge in [0.05, 0.1) is 7.11 Å². The van der Waals surface area contributed by atoms with E-state index >= 15 is 0 Å². The molecule has 1 unspecified atom stereocenters. The molecule has 0 bridgehead atoms. The molecule has 1 aromatic carbocycles. The van der Waals surface area contributed by atoms with Gasteiger partial charge in [-0.15, -0.1) is 0 Å². The van der Waals surface area contributed by atoms with Gasteiger partial charge in [-0.2, -0.15) is 0 Å². The molecule has 1 atom stereocenters. The summed E-state index contributed by atoms with van der Waals surface area (Å²) in [6.45, 7) is 7.20. The van der Waals surface area contributed by atoms with Crippen molar-refractivity contribution < 1.29 is 13.2 Å². The average molecular weight is 314 g/mol. The van der Waals surface area contributed by atoms with E-state index in [1.807, 2.05) is 20.0 Å². The van der Waals surface area contributed by atoms with Crippen LogP contribution < -0.4 is 14.8 Å². The van der Waals surface area contributed by atoms with E-state index in [4.69, 9.17) is 4.74 Å². The van der Waals surface area contributed by atoms with Crippen molar-refractivity contribution >= 4 is 10.0 Å². The Hall–Kier alpha value is -1.11. The van der Waals surface area contributed by atoms with Gasteiger partial charge in [0.1, 0.15) is 10.6 Å². The first-order valence-electron chi connectivity index (χ1n) is 7.13. The first kappa shape index (κ1) is 17.9. The third-order valence-electron chi connectivity index (χ3n) is 3.63.